The molecular weight excluding hydrogens is 217 g/mol. The second kappa shape index (κ2) is 3.56. The van der Waals surface area contributed by atoms with Crippen LogP contribution in [0.3, 0.4) is 0 Å². The Morgan fingerprint density at radius 3 is 2.82 bits per heavy atom. The molecule has 4 heteroatoms. The van der Waals surface area contributed by atoms with Gasteiger partial charge in [-0.15, -0.1) is 0 Å². The molecule has 2 aromatic rings. The second-order valence-electron chi connectivity index (χ2n) is 4.55. The molecular formula is C13H12FN3. The summed E-state index contributed by atoms with van der Waals surface area (Å²) in [5.41, 5.74) is 1.49. The van der Waals surface area contributed by atoms with Gasteiger partial charge in [-0.05, 0) is 38.3 Å². The van der Waals surface area contributed by atoms with Crippen molar-refractivity contribution in [3.05, 3.63) is 29.3 Å². The fourth-order valence-electron chi connectivity index (χ4n) is 2.44. The van der Waals surface area contributed by atoms with Crippen molar-refractivity contribution >= 4 is 11.0 Å². The molecule has 0 amide bonds. The normalized spacial score (nSPS) is 15.8. The molecule has 3 rings (SSSR count). The van der Waals surface area contributed by atoms with Gasteiger partial charge in [0.05, 0.1) is 17.1 Å². The Labute approximate surface area is 98.5 Å². The van der Waals surface area contributed by atoms with Crippen LogP contribution >= 0.6 is 0 Å². The highest BCUT2D eigenvalue weighted by atomic mass is 19.1. The van der Waals surface area contributed by atoms with Crippen molar-refractivity contribution in [1.82, 2.24) is 9.55 Å². The first kappa shape index (κ1) is 10.3. The molecule has 1 aliphatic rings. The van der Waals surface area contributed by atoms with Crippen LogP contribution in [0.4, 0.5) is 4.39 Å². The van der Waals surface area contributed by atoms with E-state index >= 15 is 0 Å². The maximum Gasteiger partial charge on any atom is 0.152 e. The van der Waals surface area contributed by atoms with E-state index < -0.39 is 5.82 Å². The van der Waals surface area contributed by atoms with E-state index in [1.165, 1.54) is 12.5 Å². The van der Waals surface area contributed by atoms with Crippen molar-refractivity contribution in [3.8, 4) is 6.07 Å². The number of aromatic nitrogens is 2. The molecule has 1 aromatic carbocycles. The van der Waals surface area contributed by atoms with Crippen LogP contribution < -0.4 is 0 Å². The standard InChI is InChI=1S/C13H12FN3/c1-8-16-13-11(14)5-9(7-15)6-12(13)17(8)10-3-2-4-10/h5-6,10H,2-4H2,1H3. The molecule has 0 radical (unpaired) electrons. The molecule has 1 heterocycles. The third-order valence-corrected chi connectivity index (χ3v) is 3.49. The maximum atomic E-state index is 13.8. The zero-order valence-electron chi connectivity index (χ0n) is 9.57. The Morgan fingerprint density at radius 1 is 1.47 bits per heavy atom. The van der Waals surface area contributed by atoms with Gasteiger partial charge in [0.2, 0.25) is 0 Å². The van der Waals surface area contributed by atoms with E-state index in [0.29, 0.717) is 17.1 Å². The van der Waals surface area contributed by atoms with E-state index in [0.717, 1.165) is 24.2 Å². The van der Waals surface area contributed by atoms with Gasteiger partial charge in [-0.25, -0.2) is 9.37 Å². The molecule has 0 spiro atoms. The van der Waals surface area contributed by atoms with Gasteiger partial charge in [0.25, 0.3) is 0 Å². The molecule has 0 unspecified atom stereocenters. The fourth-order valence-corrected chi connectivity index (χ4v) is 2.44. The third kappa shape index (κ3) is 1.42. The highest BCUT2D eigenvalue weighted by Gasteiger charge is 2.24. The lowest BCUT2D eigenvalue weighted by atomic mass is 9.92. The number of nitriles is 1. The number of imidazole rings is 1. The number of aryl methyl sites for hydroxylation is 1. The van der Waals surface area contributed by atoms with Crippen LogP contribution in [-0.4, -0.2) is 9.55 Å². The monoisotopic (exact) mass is 229 g/mol. The average molecular weight is 229 g/mol. The number of nitrogens with zero attached hydrogens (tertiary/aromatic N) is 3. The molecule has 1 aliphatic carbocycles. The molecule has 1 fully saturated rings. The minimum Gasteiger partial charge on any atom is -0.325 e. The number of benzene rings is 1. The molecule has 0 N–H and O–H groups in total. The quantitative estimate of drug-likeness (QED) is 0.754. The largest absolute Gasteiger partial charge is 0.325 e. The van der Waals surface area contributed by atoms with E-state index in [9.17, 15) is 4.39 Å². The number of hydrogen-bond acceptors (Lipinski definition) is 2. The van der Waals surface area contributed by atoms with Crippen molar-refractivity contribution in [1.29, 1.82) is 5.26 Å². The Hall–Kier alpha value is -1.89. The van der Waals surface area contributed by atoms with Crippen molar-refractivity contribution in [2.75, 3.05) is 0 Å². The van der Waals surface area contributed by atoms with Gasteiger partial charge < -0.3 is 4.57 Å². The molecule has 0 bridgehead atoms. The van der Waals surface area contributed by atoms with Crippen LogP contribution in [0.15, 0.2) is 12.1 Å². The SMILES string of the molecule is Cc1nc2c(F)cc(C#N)cc2n1C1CCC1. The van der Waals surface area contributed by atoms with E-state index in [4.69, 9.17) is 5.26 Å². The minimum atomic E-state index is -0.403. The maximum absolute atomic E-state index is 13.8. The van der Waals surface area contributed by atoms with Crippen LogP contribution in [-0.2, 0) is 0 Å². The molecule has 0 saturated heterocycles. The van der Waals surface area contributed by atoms with Gasteiger partial charge in [0.1, 0.15) is 11.3 Å². The molecule has 0 aliphatic heterocycles. The summed E-state index contributed by atoms with van der Waals surface area (Å²) >= 11 is 0. The topological polar surface area (TPSA) is 41.6 Å². The molecule has 17 heavy (non-hydrogen) atoms. The third-order valence-electron chi connectivity index (χ3n) is 3.49. The first-order chi connectivity index (χ1) is 8.20. The van der Waals surface area contributed by atoms with Gasteiger partial charge in [-0.3, -0.25) is 0 Å². The highest BCUT2D eigenvalue weighted by Crippen LogP contribution is 2.36. The Kier molecular flexibility index (Phi) is 2.15. The van der Waals surface area contributed by atoms with Gasteiger partial charge in [0, 0.05) is 6.04 Å². The van der Waals surface area contributed by atoms with Crippen LogP contribution in [0.1, 0.15) is 36.7 Å². The first-order valence-corrected chi connectivity index (χ1v) is 5.79. The molecule has 1 aromatic heterocycles. The molecule has 0 atom stereocenters. The molecule has 1 saturated carbocycles. The van der Waals surface area contributed by atoms with Gasteiger partial charge in [0.15, 0.2) is 5.82 Å². The Bertz CT molecular complexity index is 632. The van der Waals surface area contributed by atoms with E-state index in [2.05, 4.69) is 9.55 Å². The van der Waals surface area contributed by atoms with E-state index in [1.807, 2.05) is 13.0 Å². The highest BCUT2D eigenvalue weighted by molar-refractivity contribution is 5.78. The lowest BCUT2D eigenvalue weighted by Gasteiger charge is -2.28. The van der Waals surface area contributed by atoms with Crippen molar-refractivity contribution in [2.45, 2.75) is 32.2 Å². The van der Waals surface area contributed by atoms with Crippen LogP contribution in [0, 0.1) is 24.1 Å². The summed E-state index contributed by atoms with van der Waals surface area (Å²) in [7, 11) is 0. The first-order valence-electron chi connectivity index (χ1n) is 5.79. The number of fused-ring (bicyclic) bond motifs is 1. The lowest BCUT2D eigenvalue weighted by molar-refractivity contribution is 0.316. The summed E-state index contributed by atoms with van der Waals surface area (Å²) in [4.78, 5) is 4.27. The van der Waals surface area contributed by atoms with Crippen LogP contribution in [0.2, 0.25) is 0 Å². The second-order valence-corrected chi connectivity index (χ2v) is 4.55. The summed E-state index contributed by atoms with van der Waals surface area (Å²) in [5.74, 6) is 0.430. The zero-order chi connectivity index (χ0) is 12.0. The van der Waals surface area contributed by atoms with Gasteiger partial charge >= 0.3 is 0 Å². The Morgan fingerprint density at radius 2 is 2.24 bits per heavy atom. The predicted molar refractivity (Wildman–Crippen MR) is 62.0 cm³/mol. The summed E-state index contributed by atoms with van der Waals surface area (Å²) in [5, 5.41) is 8.88. The zero-order valence-corrected chi connectivity index (χ0v) is 9.57. The van der Waals surface area contributed by atoms with Crippen molar-refractivity contribution in [3.63, 3.8) is 0 Å². The Balaban J connectivity index is 2.30. The number of rotatable bonds is 1. The lowest BCUT2D eigenvalue weighted by Crippen LogP contribution is -2.18. The summed E-state index contributed by atoms with van der Waals surface area (Å²) in [6, 6.07) is 5.40. The molecule has 86 valence electrons. The van der Waals surface area contributed by atoms with Gasteiger partial charge in [-0.2, -0.15) is 5.26 Å². The van der Waals surface area contributed by atoms with Crippen LogP contribution in [0.25, 0.3) is 11.0 Å². The fraction of sp³-hybridized carbons (Fsp3) is 0.385. The number of halogens is 1. The summed E-state index contributed by atoms with van der Waals surface area (Å²) < 4.78 is 15.9. The summed E-state index contributed by atoms with van der Waals surface area (Å²) in [6.07, 6.45) is 3.44. The predicted octanol–water partition coefficient (Wildman–Crippen LogP) is 3.08. The van der Waals surface area contributed by atoms with E-state index in [-0.39, 0.29) is 0 Å². The minimum absolute atomic E-state index is 0.357. The van der Waals surface area contributed by atoms with Crippen LogP contribution in [0.5, 0.6) is 0 Å². The molecule has 3 nitrogen and oxygen atoms in total. The average Bonchev–Trinajstić information content (AvgIpc) is 2.55. The van der Waals surface area contributed by atoms with Crippen molar-refractivity contribution < 1.29 is 4.39 Å². The number of hydrogen-bond donors (Lipinski definition) is 0. The van der Waals surface area contributed by atoms with Crippen molar-refractivity contribution in [2.24, 2.45) is 0 Å². The van der Waals surface area contributed by atoms with E-state index in [1.54, 1.807) is 6.07 Å². The summed E-state index contributed by atoms with van der Waals surface area (Å²) in [6.45, 7) is 1.89. The van der Waals surface area contributed by atoms with Gasteiger partial charge in [-0.1, -0.05) is 0 Å². The smallest absolute Gasteiger partial charge is 0.152 e.